The number of carbonyl (C=O) groups excluding carboxylic acids is 1. The average molecular weight is 441 g/mol. The lowest BCUT2D eigenvalue weighted by Gasteiger charge is -2.38. The minimum atomic E-state index is 0.0695. The predicted molar refractivity (Wildman–Crippen MR) is 124 cm³/mol. The molecule has 0 N–H and O–H groups in total. The molecule has 174 valence electrons. The molecule has 4 rings (SSSR count). The summed E-state index contributed by atoms with van der Waals surface area (Å²) in [6.45, 7) is 6.85. The molecule has 2 aliphatic rings. The van der Waals surface area contributed by atoms with E-state index in [9.17, 15) is 4.79 Å². The Balaban J connectivity index is 1.53. The Morgan fingerprint density at radius 3 is 2.78 bits per heavy atom. The highest BCUT2D eigenvalue weighted by atomic mass is 16.5. The predicted octanol–water partition coefficient (Wildman–Crippen LogP) is 3.27. The van der Waals surface area contributed by atoms with Crippen molar-refractivity contribution >= 4 is 5.91 Å². The van der Waals surface area contributed by atoms with E-state index >= 15 is 0 Å². The average Bonchev–Trinajstić information content (AvgIpc) is 3.13. The van der Waals surface area contributed by atoms with Gasteiger partial charge in [0.25, 0.3) is 5.91 Å². The minimum Gasteiger partial charge on any atom is -0.491 e. The van der Waals surface area contributed by atoms with E-state index < -0.39 is 0 Å². The van der Waals surface area contributed by atoms with Crippen LogP contribution in [0.1, 0.15) is 47.3 Å². The molecule has 2 aliphatic heterocycles. The summed E-state index contributed by atoms with van der Waals surface area (Å²) in [5.41, 5.74) is 3.12. The minimum absolute atomic E-state index is 0.0695. The summed E-state index contributed by atoms with van der Waals surface area (Å²) >= 11 is 0. The molecule has 32 heavy (non-hydrogen) atoms. The standard InChI is InChI=1S/C25H36N4O3/c1-19-21(16-26-27(19)2)17-28-12-7-6-8-20-18-29(13-11-23(20)31-3)25(30)22-9-4-5-10-24(22)32-15-14-28/h4-5,9-10,16,20,23H,6-8,11-15,17-18H2,1-3H3/t20-,23+/m0/s1. The first-order valence-electron chi connectivity index (χ1n) is 11.8. The number of methoxy groups -OCH3 is 1. The van der Waals surface area contributed by atoms with Crippen LogP contribution in [0, 0.1) is 12.8 Å². The quantitative estimate of drug-likeness (QED) is 0.733. The Morgan fingerprint density at radius 2 is 2.00 bits per heavy atom. The van der Waals surface area contributed by atoms with Gasteiger partial charge in [-0.3, -0.25) is 14.4 Å². The maximum atomic E-state index is 13.3. The van der Waals surface area contributed by atoms with Crippen molar-refractivity contribution in [1.29, 1.82) is 0 Å². The van der Waals surface area contributed by atoms with E-state index in [1.165, 1.54) is 11.3 Å². The summed E-state index contributed by atoms with van der Waals surface area (Å²) in [6, 6.07) is 7.65. The molecule has 1 fully saturated rings. The fourth-order valence-corrected chi connectivity index (χ4v) is 4.96. The summed E-state index contributed by atoms with van der Waals surface area (Å²) in [5, 5.41) is 4.40. The largest absolute Gasteiger partial charge is 0.491 e. The van der Waals surface area contributed by atoms with Gasteiger partial charge in [0, 0.05) is 57.5 Å². The van der Waals surface area contributed by atoms with Crippen LogP contribution in [0.25, 0.3) is 0 Å². The number of ether oxygens (including phenoxy) is 2. The van der Waals surface area contributed by atoms with Gasteiger partial charge >= 0.3 is 0 Å². The van der Waals surface area contributed by atoms with Gasteiger partial charge in [-0.15, -0.1) is 0 Å². The summed E-state index contributed by atoms with van der Waals surface area (Å²) in [5.74, 6) is 1.13. The van der Waals surface area contributed by atoms with E-state index in [-0.39, 0.29) is 12.0 Å². The number of benzene rings is 1. The zero-order chi connectivity index (χ0) is 22.5. The van der Waals surface area contributed by atoms with Crippen molar-refractivity contribution in [2.24, 2.45) is 13.0 Å². The first-order chi connectivity index (χ1) is 15.6. The lowest BCUT2D eigenvalue weighted by molar-refractivity contribution is -0.00702. The summed E-state index contributed by atoms with van der Waals surface area (Å²) in [6.07, 6.45) is 6.42. The van der Waals surface area contributed by atoms with Gasteiger partial charge < -0.3 is 14.4 Å². The number of amides is 1. The topological polar surface area (TPSA) is 59.8 Å². The Hall–Kier alpha value is -2.38. The van der Waals surface area contributed by atoms with Crippen molar-refractivity contribution < 1.29 is 14.3 Å². The highest BCUT2D eigenvalue weighted by Crippen LogP contribution is 2.28. The van der Waals surface area contributed by atoms with E-state index in [4.69, 9.17) is 9.47 Å². The van der Waals surface area contributed by atoms with Gasteiger partial charge in [-0.25, -0.2) is 0 Å². The smallest absolute Gasteiger partial charge is 0.257 e. The molecule has 0 spiro atoms. The maximum Gasteiger partial charge on any atom is 0.257 e. The molecule has 7 heteroatoms. The number of nitrogens with zero attached hydrogens (tertiary/aromatic N) is 4. The third-order valence-corrected chi connectivity index (χ3v) is 7.07. The molecule has 2 atom stereocenters. The van der Waals surface area contributed by atoms with E-state index in [1.807, 2.05) is 47.1 Å². The number of fused-ring (bicyclic) bond motifs is 3. The van der Waals surface area contributed by atoms with Gasteiger partial charge in [0.1, 0.15) is 12.4 Å². The third-order valence-electron chi connectivity index (χ3n) is 7.07. The van der Waals surface area contributed by atoms with Crippen molar-refractivity contribution in [3.8, 4) is 5.75 Å². The van der Waals surface area contributed by atoms with Crippen molar-refractivity contribution in [2.45, 2.75) is 45.3 Å². The molecule has 0 radical (unpaired) electrons. The highest BCUT2D eigenvalue weighted by molar-refractivity contribution is 5.97. The SMILES string of the molecule is CO[C@@H]1CCN2C[C@@H]1CCCCN(Cc1cnn(C)c1C)CCOc1ccccc1C2=O. The third kappa shape index (κ3) is 5.15. The number of piperidine rings is 1. The van der Waals surface area contributed by atoms with Gasteiger partial charge in [-0.05, 0) is 44.9 Å². The van der Waals surface area contributed by atoms with Crippen LogP contribution in [-0.2, 0) is 18.3 Å². The van der Waals surface area contributed by atoms with Crippen LogP contribution in [0.15, 0.2) is 30.5 Å². The Bertz CT molecular complexity index is 912. The molecule has 0 aliphatic carbocycles. The summed E-state index contributed by atoms with van der Waals surface area (Å²) in [4.78, 5) is 17.8. The second kappa shape index (κ2) is 10.5. The van der Waals surface area contributed by atoms with Crippen molar-refractivity contribution in [1.82, 2.24) is 19.6 Å². The molecule has 1 aromatic carbocycles. The van der Waals surface area contributed by atoms with Crippen molar-refractivity contribution in [3.63, 3.8) is 0 Å². The lowest BCUT2D eigenvalue weighted by atomic mass is 9.89. The zero-order valence-corrected chi connectivity index (χ0v) is 19.6. The molecular weight excluding hydrogens is 404 g/mol. The Kier molecular flexibility index (Phi) is 7.48. The monoisotopic (exact) mass is 440 g/mol. The number of hydrogen-bond acceptors (Lipinski definition) is 5. The first kappa shape index (κ1) is 22.8. The highest BCUT2D eigenvalue weighted by Gasteiger charge is 2.32. The summed E-state index contributed by atoms with van der Waals surface area (Å²) in [7, 11) is 3.78. The van der Waals surface area contributed by atoms with Gasteiger partial charge in [-0.1, -0.05) is 18.6 Å². The fourth-order valence-electron chi connectivity index (χ4n) is 4.96. The van der Waals surface area contributed by atoms with E-state index in [0.29, 0.717) is 23.8 Å². The van der Waals surface area contributed by atoms with Crippen LogP contribution >= 0.6 is 0 Å². The molecule has 2 aromatic rings. The van der Waals surface area contributed by atoms with E-state index in [2.05, 4.69) is 16.9 Å². The normalized spacial score (nSPS) is 23.3. The zero-order valence-electron chi connectivity index (χ0n) is 19.6. The van der Waals surface area contributed by atoms with Crippen LogP contribution < -0.4 is 4.74 Å². The number of rotatable bonds is 3. The number of para-hydroxylation sites is 1. The second-order valence-corrected chi connectivity index (χ2v) is 9.07. The van der Waals surface area contributed by atoms with E-state index in [0.717, 1.165) is 58.4 Å². The Morgan fingerprint density at radius 1 is 1.16 bits per heavy atom. The second-order valence-electron chi connectivity index (χ2n) is 9.07. The lowest BCUT2D eigenvalue weighted by Crippen LogP contribution is -2.46. The van der Waals surface area contributed by atoms with Gasteiger partial charge in [0.2, 0.25) is 0 Å². The summed E-state index contributed by atoms with van der Waals surface area (Å²) < 4.78 is 13.9. The van der Waals surface area contributed by atoms with Crippen LogP contribution in [0.2, 0.25) is 0 Å². The first-order valence-corrected chi connectivity index (χ1v) is 11.8. The van der Waals surface area contributed by atoms with Gasteiger partial charge in [-0.2, -0.15) is 5.10 Å². The van der Waals surface area contributed by atoms with Crippen LogP contribution in [0.3, 0.4) is 0 Å². The molecule has 0 unspecified atom stereocenters. The number of aromatic nitrogens is 2. The molecule has 1 aromatic heterocycles. The van der Waals surface area contributed by atoms with Crippen molar-refractivity contribution in [3.05, 3.63) is 47.3 Å². The van der Waals surface area contributed by atoms with Crippen LogP contribution in [0.4, 0.5) is 0 Å². The van der Waals surface area contributed by atoms with Crippen LogP contribution in [0.5, 0.6) is 5.75 Å². The number of carbonyl (C=O) groups is 1. The maximum absolute atomic E-state index is 13.3. The number of aryl methyl sites for hydroxylation is 1. The molecular formula is C25H36N4O3. The van der Waals surface area contributed by atoms with Gasteiger partial charge in [0.15, 0.2) is 0 Å². The van der Waals surface area contributed by atoms with Gasteiger partial charge in [0.05, 0.1) is 17.9 Å². The molecule has 2 bridgehead atoms. The van der Waals surface area contributed by atoms with Crippen LogP contribution in [-0.4, -0.2) is 71.5 Å². The molecule has 1 amide bonds. The molecule has 1 saturated heterocycles. The molecule has 7 nitrogen and oxygen atoms in total. The van der Waals surface area contributed by atoms with E-state index in [1.54, 1.807) is 7.11 Å². The number of hydrogen-bond donors (Lipinski definition) is 0. The molecule has 3 heterocycles. The van der Waals surface area contributed by atoms with Crippen molar-refractivity contribution in [2.75, 3.05) is 39.9 Å². The molecule has 0 saturated carbocycles. The Labute approximate surface area is 191 Å². The fraction of sp³-hybridized carbons (Fsp3) is 0.600.